The highest BCUT2D eigenvalue weighted by Crippen LogP contribution is 2.40. The lowest BCUT2D eigenvalue weighted by Gasteiger charge is -2.12. The molecule has 4 nitrogen and oxygen atoms in total. The summed E-state index contributed by atoms with van der Waals surface area (Å²) < 4.78 is 4.77. The van der Waals surface area contributed by atoms with Gasteiger partial charge < -0.3 is 9.13 Å². The first-order valence-electron chi connectivity index (χ1n) is 22.5. The van der Waals surface area contributed by atoms with E-state index in [2.05, 4.69) is 240 Å². The van der Waals surface area contributed by atoms with Crippen molar-refractivity contribution in [2.75, 3.05) is 0 Å². The molecule has 0 bridgehead atoms. The molecule has 0 aliphatic rings. The second-order valence-corrected chi connectivity index (χ2v) is 17.0. The first kappa shape index (κ1) is 37.7. The Balaban J connectivity index is 0.899. The van der Waals surface area contributed by atoms with Crippen LogP contribution in [0.5, 0.6) is 0 Å². The van der Waals surface area contributed by atoms with Gasteiger partial charge in [-0.1, -0.05) is 176 Å². The number of rotatable bonds is 7. The average molecular weight is 841 g/mol. The standard InChI is InChI=1S/C62H40N4/c1-3-16-43(17-4-1)56-40-57(44-18-5-2-6-19-44)64-62(63-56)47-21-13-22-49(37-47)66-59-28-12-10-25-53(59)55-39-46(32-36-61(55)66)45-31-35-60-54(38-45)52-24-9-11-27-58(52)65(60)48-33-29-42(30-34-48)51-26-14-20-41-15-7-8-23-50(41)51/h1-40H. The molecule has 0 saturated heterocycles. The molecular formula is C62H40N4. The quantitative estimate of drug-likeness (QED) is 0.160. The van der Waals surface area contributed by atoms with Gasteiger partial charge in [0.25, 0.3) is 0 Å². The van der Waals surface area contributed by atoms with Crippen LogP contribution in [0.25, 0.3) is 122 Å². The summed E-state index contributed by atoms with van der Waals surface area (Å²) in [5.41, 5.74) is 16.5. The maximum absolute atomic E-state index is 5.15. The van der Waals surface area contributed by atoms with E-state index in [0.29, 0.717) is 5.82 Å². The molecule has 0 saturated carbocycles. The number of para-hydroxylation sites is 2. The van der Waals surface area contributed by atoms with E-state index in [0.717, 1.165) is 50.5 Å². The first-order valence-corrected chi connectivity index (χ1v) is 22.5. The molecule has 0 aliphatic heterocycles. The number of nitrogens with zero attached hydrogens (tertiary/aromatic N) is 4. The van der Waals surface area contributed by atoms with Crippen LogP contribution < -0.4 is 0 Å². The molecule has 0 spiro atoms. The molecule has 0 amide bonds. The third-order valence-electron chi connectivity index (χ3n) is 13.1. The highest BCUT2D eigenvalue weighted by molar-refractivity contribution is 6.13. The molecule has 0 atom stereocenters. The largest absolute Gasteiger partial charge is 0.309 e. The zero-order valence-electron chi connectivity index (χ0n) is 35.9. The minimum atomic E-state index is 0.690. The lowest BCUT2D eigenvalue weighted by atomic mass is 9.98. The van der Waals surface area contributed by atoms with E-state index in [1.165, 1.54) is 65.6 Å². The Labute approximate surface area is 382 Å². The third-order valence-corrected chi connectivity index (χ3v) is 13.1. The van der Waals surface area contributed by atoms with Crippen molar-refractivity contribution in [2.45, 2.75) is 0 Å². The minimum Gasteiger partial charge on any atom is -0.309 e. The smallest absolute Gasteiger partial charge is 0.160 e. The van der Waals surface area contributed by atoms with Crippen molar-refractivity contribution in [3.05, 3.63) is 243 Å². The Morgan fingerprint density at radius 1 is 0.258 bits per heavy atom. The predicted molar refractivity (Wildman–Crippen MR) is 275 cm³/mol. The number of hydrogen-bond donors (Lipinski definition) is 0. The molecule has 13 rings (SSSR count). The van der Waals surface area contributed by atoms with Gasteiger partial charge in [-0.25, -0.2) is 9.97 Å². The van der Waals surface area contributed by atoms with Crippen LogP contribution in [0.15, 0.2) is 243 Å². The second-order valence-electron chi connectivity index (χ2n) is 17.0. The summed E-state index contributed by atoms with van der Waals surface area (Å²) in [6, 6.07) is 87.0. The van der Waals surface area contributed by atoms with Crippen LogP contribution in [0.4, 0.5) is 0 Å². The van der Waals surface area contributed by atoms with Crippen LogP contribution in [0.3, 0.4) is 0 Å². The maximum Gasteiger partial charge on any atom is 0.160 e. The van der Waals surface area contributed by atoms with E-state index in [9.17, 15) is 0 Å². The van der Waals surface area contributed by atoms with E-state index in [-0.39, 0.29) is 0 Å². The molecule has 4 heteroatoms. The molecule has 3 aromatic heterocycles. The highest BCUT2D eigenvalue weighted by Gasteiger charge is 2.18. The van der Waals surface area contributed by atoms with Gasteiger partial charge in [0.1, 0.15) is 0 Å². The molecule has 0 fully saturated rings. The van der Waals surface area contributed by atoms with Crippen LogP contribution >= 0.6 is 0 Å². The molecule has 0 unspecified atom stereocenters. The van der Waals surface area contributed by atoms with Gasteiger partial charge in [0.05, 0.1) is 33.5 Å². The summed E-state index contributed by atoms with van der Waals surface area (Å²) in [5, 5.41) is 7.40. The van der Waals surface area contributed by atoms with Crippen LogP contribution in [0.1, 0.15) is 0 Å². The van der Waals surface area contributed by atoms with E-state index in [1.807, 2.05) is 12.1 Å². The fourth-order valence-corrected chi connectivity index (χ4v) is 10.0. The van der Waals surface area contributed by atoms with Crippen molar-refractivity contribution >= 4 is 54.4 Å². The Bertz CT molecular complexity index is 3910. The van der Waals surface area contributed by atoms with Crippen molar-refractivity contribution in [3.63, 3.8) is 0 Å². The van der Waals surface area contributed by atoms with Gasteiger partial charge in [-0.15, -0.1) is 0 Å². The van der Waals surface area contributed by atoms with Gasteiger partial charge in [0.15, 0.2) is 5.82 Å². The topological polar surface area (TPSA) is 35.6 Å². The van der Waals surface area contributed by atoms with Gasteiger partial charge in [-0.05, 0) is 99.8 Å². The zero-order valence-corrected chi connectivity index (χ0v) is 35.9. The summed E-state index contributed by atoms with van der Waals surface area (Å²) in [5.74, 6) is 0.690. The number of aromatic nitrogens is 4. The van der Waals surface area contributed by atoms with Crippen LogP contribution in [0, 0.1) is 0 Å². The summed E-state index contributed by atoms with van der Waals surface area (Å²) in [6.45, 7) is 0. The van der Waals surface area contributed by atoms with Crippen molar-refractivity contribution in [3.8, 4) is 67.5 Å². The van der Waals surface area contributed by atoms with Crippen molar-refractivity contribution in [1.29, 1.82) is 0 Å². The molecule has 13 aromatic rings. The van der Waals surface area contributed by atoms with Crippen LogP contribution in [-0.2, 0) is 0 Å². The van der Waals surface area contributed by atoms with Crippen molar-refractivity contribution in [1.82, 2.24) is 19.1 Å². The number of benzene rings is 10. The molecule has 3 heterocycles. The lowest BCUT2D eigenvalue weighted by molar-refractivity contribution is 1.16. The van der Waals surface area contributed by atoms with Crippen LogP contribution in [0.2, 0.25) is 0 Å². The normalized spacial score (nSPS) is 11.6. The SMILES string of the molecule is c1ccc(-c2cc(-c3ccccc3)nc(-c3cccc(-n4c5ccccc5c5cc(-c6ccc7c(c6)c6ccccc6n7-c6ccc(-c7cccc8ccccc78)cc6)ccc54)c3)n2)cc1. The van der Waals surface area contributed by atoms with E-state index >= 15 is 0 Å². The van der Waals surface area contributed by atoms with E-state index in [4.69, 9.17) is 9.97 Å². The molecule has 0 radical (unpaired) electrons. The Morgan fingerprint density at radius 3 is 1.35 bits per heavy atom. The lowest BCUT2D eigenvalue weighted by Crippen LogP contribution is -1.98. The van der Waals surface area contributed by atoms with Crippen molar-refractivity contribution in [2.24, 2.45) is 0 Å². The molecule has 10 aromatic carbocycles. The highest BCUT2D eigenvalue weighted by atomic mass is 15.0. The molecule has 0 N–H and O–H groups in total. The molecule has 0 aliphatic carbocycles. The van der Waals surface area contributed by atoms with Gasteiger partial charge in [-0.2, -0.15) is 0 Å². The van der Waals surface area contributed by atoms with Gasteiger partial charge in [-0.3, -0.25) is 0 Å². The monoisotopic (exact) mass is 840 g/mol. The molecular weight excluding hydrogens is 801 g/mol. The molecule has 66 heavy (non-hydrogen) atoms. The van der Waals surface area contributed by atoms with E-state index < -0.39 is 0 Å². The van der Waals surface area contributed by atoms with Gasteiger partial charge >= 0.3 is 0 Å². The second kappa shape index (κ2) is 15.4. The average Bonchev–Trinajstić information content (AvgIpc) is 3.91. The maximum atomic E-state index is 5.15. The summed E-state index contributed by atoms with van der Waals surface area (Å²) in [6.07, 6.45) is 0. The Morgan fingerprint density at radius 2 is 0.727 bits per heavy atom. The summed E-state index contributed by atoms with van der Waals surface area (Å²) in [4.78, 5) is 10.3. The fourth-order valence-electron chi connectivity index (χ4n) is 10.0. The summed E-state index contributed by atoms with van der Waals surface area (Å²) >= 11 is 0. The number of fused-ring (bicyclic) bond motifs is 7. The Hall–Kier alpha value is -8.86. The van der Waals surface area contributed by atoms with Crippen LogP contribution in [-0.4, -0.2) is 19.1 Å². The predicted octanol–water partition coefficient (Wildman–Crippen LogP) is 16.2. The first-order chi connectivity index (χ1) is 32.7. The fraction of sp³-hybridized carbons (Fsp3) is 0. The van der Waals surface area contributed by atoms with Gasteiger partial charge in [0.2, 0.25) is 0 Å². The third kappa shape index (κ3) is 6.30. The Kier molecular flexibility index (Phi) is 8.81. The van der Waals surface area contributed by atoms with Gasteiger partial charge in [0, 0.05) is 49.6 Å². The number of hydrogen-bond acceptors (Lipinski definition) is 2. The summed E-state index contributed by atoms with van der Waals surface area (Å²) in [7, 11) is 0. The zero-order chi connectivity index (χ0) is 43.6. The van der Waals surface area contributed by atoms with Crippen molar-refractivity contribution < 1.29 is 0 Å². The minimum absolute atomic E-state index is 0.690. The molecule has 308 valence electrons. The van der Waals surface area contributed by atoms with E-state index in [1.54, 1.807) is 0 Å².